The van der Waals surface area contributed by atoms with Gasteiger partial charge in [-0.25, -0.2) is 4.79 Å². The fourth-order valence-electron chi connectivity index (χ4n) is 3.67. The number of amides is 1. The number of allylic oxidation sites excluding steroid dienone is 2. The molecule has 2 aliphatic rings. The smallest absolute Gasteiger partial charge is 0.341 e. The van der Waals surface area contributed by atoms with Gasteiger partial charge in [0.05, 0.1) is 36.2 Å². The maximum atomic E-state index is 13.0. The van der Waals surface area contributed by atoms with Gasteiger partial charge < -0.3 is 19.9 Å². The molecule has 0 spiro atoms. The van der Waals surface area contributed by atoms with E-state index in [-0.39, 0.29) is 19.4 Å². The largest absolute Gasteiger partial charge is 0.481 e. The molecule has 0 saturated heterocycles. The lowest BCUT2D eigenvalue weighted by atomic mass is 9.82. The average Bonchev–Trinajstić information content (AvgIpc) is 2.97. The third-order valence-corrected chi connectivity index (χ3v) is 6.58. The van der Waals surface area contributed by atoms with Crippen molar-refractivity contribution in [1.29, 1.82) is 0 Å². The van der Waals surface area contributed by atoms with Crippen molar-refractivity contribution in [3.8, 4) is 0 Å². The molecule has 0 saturated carbocycles. The van der Waals surface area contributed by atoms with Crippen LogP contribution in [0, 0.1) is 11.8 Å². The summed E-state index contributed by atoms with van der Waals surface area (Å²) in [6.07, 6.45) is 2.50. The number of fused-ring (bicyclic) bond motifs is 1. The molecular formula is C20H24ClNO6S. The molecule has 2 N–H and O–H groups in total. The summed E-state index contributed by atoms with van der Waals surface area (Å²) < 4.78 is 11.0. The Morgan fingerprint density at radius 2 is 2.10 bits per heavy atom. The maximum absolute atomic E-state index is 13.0. The van der Waals surface area contributed by atoms with E-state index in [1.54, 1.807) is 13.0 Å². The summed E-state index contributed by atoms with van der Waals surface area (Å²) in [6.45, 7) is 6.14. The van der Waals surface area contributed by atoms with Crippen LogP contribution in [-0.4, -0.2) is 35.2 Å². The van der Waals surface area contributed by atoms with Gasteiger partial charge >= 0.3 is 11.9 Å². The van der Waals surface area contributed by atoms with Crippen LogP contribution in [-0.2, 0) is 32.1 Å². The van der Waals surface area contributed by atoms with Crippen LogP contribution in [0.25, 0.3) is 0 Å². The van der Waals surface area contributed by atoms with Crippen LogP contribution in [0.1, 0.15) is 54.4 Å². The van der Waals surface area contributed by atoms with Crippen molar-refractivity contribution in [2.75, 3.05) is 11.9 Å². The lowest BCUT2D eigenvalue weighted by Crippen LogP contribution is -2.35. The van der Waals surface area contributed by atoms with Gasteiger partial charge in [0.15, 0.2) is 0 Å². The third kappa shape index (κ3) is 4.65. The Bertz CT molecular complexity index is 875. The Morgan fingerprint density at radius 1 is 1.38 bits per heavy atom. The Morgan fingerprint density at radius 3 is 2.76 bits per heavy atom. The normalized spacial score (nSPS) is 23.0. The lowest BCUT2D eigenvalue weighted by molar-refractivity contribution is -0.146. The van der Waals surface area contributed by atoms with E-state index in [1.807, 2.05) is 13.8 Å². The molecule has 7 nitrogen and oxygen atoms in total. The summed E-state index contributed by atoms with van der Waals surface area (Å²) in [5.41, 5.74) is 0.712. The minimum Gasteiger partial charge on any atom is -0.481 e. The van der Waals surface area contributed by atoms with Crippen LogP contribution in [0.15, 0.2) is 11.1 Å². The number of ether oxygens (including phenoxy) is 2. The molecule has 1 aromatic heterocycles. The van der Waals surface area contributed by atoms with Crippen LogP contribution in [0.2, 0.25) is 0 Å². The van der Waals surface area contributed by atoms with Crippen molar-refractivity contribution in [2.24, 2.45) is 11.8 Å². The molecule has 0 bridgehead atoms. The van der Waals surface area contributed by atoms with Gasteiger partial charge in [-0.15, -0.1) is 11.3 Å². The van der Waals surface area contributed by atoms with Gasteiger partial charge in [0, 0.05) is 16.3 Å². The van der Waals surface area contributed by atoms with E-state index in [9.17, 15) is 19.5 Å². The van der Waals surface area contributed by atoms with E-state index >= 15 is 0 Å². The standard InChI is InChI=1S/C20H24ClNO6S/c1-4-27-19(26)15-13-8-20(2,3)28-9-14(13)29-17(15)22-16(23)12-7-10(21)5-6-11(12)18(24)25/h5,11-12H,4,6-9H2,1-3H3,(H,22,23)(H,24,25)/t11-,12-/m1/s1. The number of hydrogen-bond donors (Lipinski definition) is 2. The number of anilines is 1. The number of carbonyl (C=O) groups is 3. The van der Waals surface area contributed by atoms with Crippen LogP contribution >= 0.6 is 22.9 Å². The number of rotatable bonds is 5. The van der Waals surface area contributed by atoms with Crippen LogP contribution in [0.4, 0.5) is 5.00 Å². The van der Waals surface area contributed by atoms with E-state index < -0.39 is 35.3 Å². The van der Waals surface area contributed by atoms with Crippen molar-refractivity contribution in [3.63, 3.8) is 0 Å². The molecule has 0 fully saturated rings. The van der Waals surface area contributed by atoms with Crippen molar-refractivity contribution >= 4 is 45.8 Å². The van der Waals surface area contributed by atoms with Gasteiger partial charge in [-0.05, 0) is 39.2 Å². The zero-order valence-corrected chi connectivity index (χ0v) is 18.1. The summed E-state index contributed by atoms with van der Waals surface area (Å²) in [5.74, 6) is -3.69. The minimum absolute atomic E-state index is 0.153. The number of esters is 1. The second kappa shape index (κ2) is 8.45. The monoisotopic (exact) mass is 441 g/mol. The molecule has 2 atom stereocenters. The zero-order valence-electron chi connectivity index (χ0n) is 16.5. The Kier molecular flexibility index (Phi) is 6.36. The first kappa shape index (κ1) is 21.8. The second-order valence-electron chi connectivity index (χ2n) is 7.78. The minimum atomic E-state index is -1.04. The van der Waals surface area contributed by atoms with Crippen LogP contribution < -0.4 is 5.32 Å². The van der Waals surface area contributed by atoms with Gasteiger partial charge in [-0.2, -0.15) is 0 Å². The first-order valence-electron chi connectivity index (χ1n) is 9.46. The van der Waals surface area contributed by atoms with E-state index in [0.717, 1.165) is 10.4 Å². The Labute approximate surface area is 178 Å². The predicted molar refractivity (Wildman–Crippen MR) is 109 cm³/mol. The highest BCUT2D eigenvalue weighted by molar-refractivity contribution is 7.17. The molecule has 1 aliphatic heterocycles. The Hall–Kier alpha value is -1.90. The number of thiophene rings is 1. The fraction of sp³-hybridized carbons (Fsp3) is 0.550. The van der Waals surface area contributed by atoms with E-state index in [4.69, 9.17) is 21.1 Å². The summed E-state index contributed by atoms with van der Waals surface area (Å²) in [5, 5.41) is 13.1. The molecular weight excluding hydrogens is 418 g/mol. The molecule has 1 aliphatic carbocycles. The highest BCUT2D eigenvalue weighted by Crippen LogP contribution is 2.42. The number of aliphatic carboxylic acids is 1. The molecule has 0 radical (unpaired) electrons. The molecule has 3 rings (SSSR count). The van der Waals surface area contributed by atoms with E-state index in [1.165, 1.54) is 11.3 Å². The van der Waals surface area contributed by atoms with Crippen LogP contribution in [0.5, 0.6) is 0 Å². The number of carboxylic acid groups (broad SMARTS) is 1. The third-order valence-electron chi connectivity index (χ3n) is 5.15. The number of carbonyl (C=O) groups excluding carboxylic acids is 2. The summed E-state index contributed by atoms with van der Waals surface area (Å²) >= 11 is 7.33. The average molecular weight is 442 g/mol. The molecule has 0 unspecified atom stereocenters. The van der Waals surface area contributed by atoms with Crippen molar-refractivity contribution in [3.05, 3.63) is 27.1 Å². The number of hydrogen-bond acceptors (Lipinski definition) is 6. The SMILES string of the molecule is CCOC(=O)c1c(NC(=O)[C@@H]2CC(Cl)=CC[C@H]2C(=O)O)sc2c1CC(C)(C)OC2. The lowest BCUT2D eigenvalue weighted by Gasteiger charge is -2.30. The molecule has 1 aromatic rings. The second-order valence-corrected chi connectivity index (χ2v) is 9.38. The topological polar surface area (TPSA) is 102 Å². The summed E-state index contributed by atoms with van der Waals surface area (Å²) in [7, 11) is 0. The molecule has 1 amide bonds. The first-order chi connectivity index (χ1) is 13.6. The molecule has 2 heterocycles. The van der Waals surface area contributed by atoms with Crippen molar-refractivity contribution < 1.29 is 29.0 Å². The Balaban J connectivity index is 1.93. The van der Waals surface area contributed by atoms with Crippen molar-refractivity contribution in [2.45, 2.75) is 52.2 Å². The highest BCUT2D eigenvalue weighted by atomic mass is 35.5. The van der Waals surface area contributed by atoms with E-state index in [0.29, 0.717) is 28.6 Å². The summed E-state index contributed by atoms with van der Waals surface area (Å²) in [4.78, 5) is 38.1. The quantitative estimate of drug-likeness (QED) is 0.671. The molecule has 29 heavy (non-hydrogen) atoms. The van der Waals surface area contributed by atoms with Gasteiger partial charge in [-0.1, -0.05) is 17.7 Å². The number of halogens is 1. The number of carboxylic acids is 1. The van der Waals surface area contributed by atoms with Gasteiger partial charge in [-0.3, -0.25) is 9.59 Å². The predicted octanol–water partition coefficient (Wildman–Crippen LogP) is 3.95. The maximum Gasteiger partial charge on any atom is 0.341 e. The zero-order chi connectivity index (χ0) is 21.3. The molecule has 9 heteroatoms. The molecule has 158 valence electrons. The fourth-order valence-corrected chi connectivity index (χ4v) is 5.05. The van der Waals surface area contributed by atoms with Gasteiger partial charge in [0.2, 0.25) is 5.91 Å². The van der Waals surface area contributed by atoms with Crippen LogP contribution in [0.3, 0.4) is 0 Å². The molecule has 0 aromatic carbocycles. The first-order valence-corrected chi connectivity index (χ1v) is 10.7. The van der Waals surface area contributed by atoms with Gasteiger partial charge in [0.1, 0.15) is 5.00 Å². The van der Waals surface area contributed by atoms with Gasteiger partial charge in [0.25, 0.3) is 0 Å². The summed E-state index contributed by atoms with van der Waals surface area (Å²) in [6, 6.07) is 0. The highest BCUT2D eigenvalue weighted by Gasteiger charge is 2.38. The van der Waals surface area contributed by atoms with E-state index in [2.05, 4.69) is 5.32 Å². The van der Waals surface area contributed by atoms with Crippen molar-refractivity contribution in [1.82, 2.24) is 0 Å². The number of nitrogens with one attached hydrogen (secondary N) is 1.